The average Bonchev–Trinajstić information content (AvgIpc) is 3.17. The van der Waals surface area contributed by atoms with Crippen LogP contribution >= 0.6 is 11.3 Å². The molecule has 0 amide bonds. The maximum atomic E-state index is 13.8. The van der Waals surface area contributed by atoms with E-state index in [0.29, 0.717) is 45.3 Å². The van der Waals surface area contributed by atoms with Crippen LogP contribution in [0.2, 0.25) is 0 Å². The molecule has 37 heavy (non-hydrogen) atoms. The van der Waals surface area contributed by atoms with Crippen LogP contribution in [0.5, 0.6) is 11.5 Å². The largest absolute Gasteiger partial charge is 0.490 e. The van der Waals surface area contributed by atoms with Crippen molar-refractivity contribution < 1.29 is 19.0 Å². The SMILES string of the molecule is CCCOc1ccc(/C=c2/sc3n(c2=O)[C@@H](c2ccc(C)cc2)C(C(=O)OCC)=C(C)N=3)cc1OCC. The van der Waals surface area contributed by atoms with Crippen molar-refractivity contribution >= 4 is 23.4 Å². The second kappa shape index (κ2) is 11.6. The van der Waals surface area contributed by atoms with Crippen LogP contribution in [0.4, 0.5) is 0 Å². The molecule has 0 N–H and O–H groups in total. The Morgan fingerprint density at radius 1 is 1.03 bits per heavy atom. The van der Waals surface area contributed by atoms with Crippen LogP contribution in [0.25, 0.3) is 6.08 Å². The maximum Gasteiger partial charge on any atom is 0.338 e. The quantitative estimate of drug-likeness (QED) is 0.393. The molecule has 0 fully saturated rings. The fourth-order valence-electron chi connectivity index (χ4n) is 4.22. The summed E-state index contributed by atoms with van der Waals surface area (Å²) in [5, 5.41) is 0. The van der Waals surface area contributed by atoms with Gasteiger partial charge in [-0.2, -0.15) is 0 Å². The monoisotopic (exact) mass is 520 g/mol. The van der Waals surface area contributed by atoms with Gasteiger partial charge >= 0.3 is 5.97 Å². The summed E-state index contributed by atoms with van der Waals surface area (Å²) in [4.78, 5) is 31.9. The van der Waals surface area contributed by atoms with Crippen LogP contribution in [0.15, 0.2) is 63.5 Å². The van der Waals surface area contributed by atoms with Gasteiger partial charge in [-0.05, 0) is 63.5 Å². The Labute approximate surface area is 220 Å². The van der Waals surface area contributed by atoms with Gasteiger partial charge in [-0.15, -0.1) is 0 Å². The second-order valence-corrected chi connectivity index (χ2v) is 9.71. The normalized spacial score (nSPS) is 15.3. The van der Waals surface area contributed by atoms with Gasteiger partial charge in [0.1, 0.15) is 0 Å². The third kappa shape index (κ3) is 5.54. The van der Waals surface area contributed by atoms with E-state index in [1.165, 1.54) is 11.3 Å². The van der Waals surface area contributed by atoms with Crippen molar-refractivity contribution in [1.82, 2.24) is 4.57 Å². The Morgan fingerprint density at radius 2 is 1.78 bits per heavy atom. The molecule has 0 radical (unpaired) electrons. The van der Waals surface area contributed by atoms with E-state index in [9.17, 15) is 9.59 Å². The predicted molar refractivity (Wildman–Crippen MR) is 145 cm³/mol. The van der Waals surface area contributed by atoms with Gasteiger partial charge in [-0.25, -0.2) is 9.79 Å². The lowest BCUT2D eigenvalue weighted by atomic mass is 9.95. The van der Waals surface area contributed by atoms with Gasteiger partial charge in [-0.1, -0.05) is 54.2 Å². The average molecular weight is 521 g/mol. The fraction of sp³-hybridized carbons (Fsp3) is 0.345. The molecule has 3 aromatic rings. The summed E-state index contributed by atoms with van der Waals surface area (Å²) in [7, 11) is 0. The minimum absolute atomic E-state index is 0.215. The van der Waals surface area contributed by atoms with Crippen LogP contribution in [0.1, 0.15) is 56.8 Å². The Kier molecular flexibility index (Phi) is 8.28. The molecule has 0 bridgehead atoms. The van der Waals surface area contributed by atoms with Crippen molar-refractivity contribution in [3.63, 3.8) is 0 Å². The van der Waals surface area contributed by atoms with Gasteiger partial charge < -0.3 is 14.2 Å². The van der Waals surface area contributed by atoms with Gasteiger partial charge in [0, 0.05) is 0 Å². The Morgan fingerprint density at radius 3 is 2.46 bits per heavy atom. The third-order valence-corrected chi connectivity index (χ3v) is 6.92. The van der Waals surface area contributed by atoms with Crippen molar-refractivity contribution in [2.75, 3.05) is 19.8 Å². The van der Waals surface area contributed by atoms with Crippen molar-refractivity contribution in [3.05, 3.63) is 90.1 Å². The minimum atomic E-state index is -0.623. The van der Waals surface area contributed by atoms with E-state index in [-0.39, 0.29) is 12.2 Å². The number of nitrogens with zero attached hydrogens (tertiary/aromatic N) is 2. The van der Waals surface area contributed by atoms with Gasteiger partial charge in [-0.3, -0.25) is 9.36 Å². The van der Waals surface area contributed by atoms with Gasteiger partial charge in [0.2, 0.25) is 0 Å². The maximum absolute atomic E-state index is 13.8. The molecule has 1 atom stereocenters. The summed E-state index contributed by atoms with van der Waals surface area (Å²) in [5.74, 6) is 0.847. The molecule has 1 aromatic heterocycles. The lowest BCUT2D eigenvalue weighted by Crippen LogP contribution is -2.39. The van der Waals surface area contributed by atoms with E-state index >= 15 is 0 Å². The number of ether oxygens (including phenoxy) is 3. The molecule has 1 aliphatic rings. The van der Waals surface area contributed by atoms with Crippen LogP contribution in [0.3, 0.4) is 0 Å². The van der Waals surface area contributed by atoms with Gasteiger partial charge in [0.25, 0.3) is 5.56 Å². The highest BCUT2D eigenvalue weighted by atomic mass is 32.1. The highest BCUT2D eigenvalue weighted by molar-refractivity contribution is 7.07. The molecular formula is C29H32N2O5S. The van der Waals surface area contributed by atoms with E-state index in [1.54, 1.807) is 18.4 Å². The molecule has 0 aliphatic carbocycles. The lowest BCUT2D eigenvalue weighted by Gasteiger charge is -2.24. The van der Waals surface area contributed by atoms with Crippen LogP contribution < -0.4 is 24.4 Å². The molecular weight excluding hydrogens is 488 g/mol. The minimum Gasteiger partial charge on any atom is -0.490 e. The number of aryl methyl sites for hydroxylation is 1. The predicted octanol–water partition coefficient (Wildman–Crippen LogP) is 4.29. The van der Waals surface area contributed by atoms with Crippen molar-refractivity contribution in [2.24, 2.45) is 4.99 Å². The summed E-state index contributed by atoms with van der Waals surface area (Å²) < 4.78 is 19.1. The third-order valence-electron chi connectivity index (χ3n) is 5.94. The van der Waals surface area contributed by atoms with Gasteiger partial charge in [0.05, 0.1) is 41.7 Å². The first-order valence-corrected chi connectivity index (χ1v) is 13.3. The number of carbonyl (C=O) groups excluding carboxylic acids is 1. The van der Waals surface area contributed by atoms with E-state index in [2.05, 4.69) is 4.99 Å². The van der Waals surface area contributed by atoms with Crippen molar-refractivity contribution in [3.8, 4) is 11.5 Å². The topological polar surface area (TPSA) is 79.1 Å². The summed E-state index contributed by atoms with van der Waals surface area (Å²) in [5.41, 5.74) is 3.44. The van der Waals surface area contributed by atoms with Crippen LogP contribution in [-0.2, 0) is 9.53 Å². The summed E-state index contributed by atoms with van der Waals surface area (Å²) in [6.45, 7) is 10.8. The molecule has 0 unspecified atom stereocenters. The molecule has 0 saturated heterocycles. The number of fused-ring (bicyclic) bond motifs is 1. The molecule has 0 saturated carbocycles. The molecule has 2 heterocycles. The molecule has 4 rings (SSSR count). The summed E-state index contributed by atoms with van der Waals surface area (Å²) >= 11 is 1.30. The number of rotatable bonds is 9. The Bertz CT molecular complexity index is 1500. The summed E-state index contributed by atoms with van der Waals surface area (Å²) in [6, 6.07) is 12.8. The highest BCUT2D eigenvalue weighted by Gasteiger charge is 2.33. The standard InChI is InChI=1S/C29H32N2O5S/c1-6-15-36-22-14-11-20(16-23(22)34-7-2)17-24-27(32)31-26(21-12-9-18(4)10-13-21)25(28(33)35-8-3)19(5)30-29(31)37-24/h9-14,16-17,26H,6-8,15H2,1-5H3/b24-17+/t26-/m0/s1. The molecule has 1 aliphatic heterocycles. The lowest BCUT2D eigenvalue weighted by molar-refractivity contribution is -0.139. The first-order valence-electron chi connectivity index (χ1n) is 12.5. The number of carbonyl (C=O) groups is 1. The fourth-order valence-corrected chi connectivity index (χ4v) is 5.27. The number of aromatic nitrogens is 1. The molecule has 7 nitrogen and oxygen atoms in total. The first kappa shape index (κ1) is 26.4. The Balaban J connectivity index is 1.86. The second-order valence-electron chi connectivity index (χ2n) is 8.70. The zero-order chi connectivity index (χ0) is 26.5. The molecule has 2 aromatic carbocycles. The zero-order valence-electron chi connectivity index (χ0n) is 21.9. The number of esters is 1. The zero-order valence-corrected chi connectivity index (χ0v) is 22.7. The van der Waals surface area contributed by atoms with Crippen LogP contribution in [0, 0.1) is 6.92 Å². The smallest absolute Gasteiger partial charge is 0.338 e. The molecule has 194 valence electrons. The number of benzene rings is 2. The molecule has 8 heteroatoms. The first-order chi connectivity index (χ1) is 17.9. The van der Waals surface area contributed by atoms with Crippen molar-refractivity contribution in [1.29, 1.82) is 0 Å². The number of hydrogen-bond acceptors (Lipinski definition) is 7. The van der Waals surface area contributed by atoms with Crippen LogP contribution in [-0.4, -0.2) is 30.4 Å². The van der Waals surface area contributed by atoms with E-state index in [0.717, 1.165) is 23.1 Å². The summed E-state index contributed by atoms with van der Waals surface area (Å²) in [6.07, 6.45) is 2.72. The Hall–Kier alpha value is -3.65. The number of hydrogen-bond donors (Lipinski definition) is 0. The molecule has 0 spiro atoms. The number of allylic oxidation sites excluding steroid dienone is 1. The van der Waals surface area contributed by atoms with E-state index < -0.39 is 12.0 Å². The van der Waals surface area contributed by atoms with Gasteiger partial charge in [0.15, 0.2) is 16.3 Å². The number of thiazole rings is 1. The van der Waals surface area contributed by atoms with Crippen molar-refractivity contribution in [2.45, 2.75) is 47.1 Å². The van der Waals surface area contributed by atoms with E-state index in [4.69, 9.17) is 14.2 Å². The van der Waals surface area contributed by atoms with E-state index in [1.807, 2.05) is 69.3 Å². The highest BCUT2D eigenvalue weighted by Crippen LogP contribution is 2.31.